The fourth-order valence-corrected chi connectivity index (χ4v) is 3.63. The van der Waals surface area contributed by atoms with Gasteiger partial charge in [-0.25, -0.2) is 0 Å². The summed E-state index contributed by atoms with van der Waals surface area (Å²) in [5.74, 6) is 0. The Bertz CT molecular complexity index is 261. The molecule has 3 heteroatoms. The predicted octanol–water partition coefficient (Wildman–Crippen LogP) is 6.19. The van der Waals surface area contributed by atoms with E-state index in [9.17, 15) is 5.11 Å². The Labute approximate surface area is 164 Å². The molecule has 0 bridgehead atoms. The summed E-state index contributed by atoms with van der Waals surface area (Å²) in [6.07, 6.45) is 22.2. The van der Waals surface area contributed by atoms with Crippen LogP contribution in [-0.2, 0) is 4.74 Å². The summed E-state index contributed by atoms with van der Waals surface area (Å²) >= 11 is 0. The van der Waals surface area contributed by atoms with Gasteiger partial charge in [0.05, 0.1) is 12.7 Å². The maximum Gasteiger partial charge on any atom is 0.0899 e. The molecule has 0 saturated heterocycles. The zero-order chi connectivity index (χ0) is 19.3. The van der Waals surface area contributed by atoms with Crippen molar-refractivity contribution in [2.75, 3.05) is 33.9 Å². The Morgan fingerprint density at radius 3 is 1.46 bits per heavy atom. The molecule has 0 aromatic rings. The molecule has 1 unspecified atom stereocenters. The molecule has 3 nitrogen and oxygen atoms in total. The van der Waals surface area contributed by atoms with E-state index in [1.165, 1.54) is 103 Å². The zero-order valence-electron chi connectivity index (χ0n) is 18.3. The first-order valence-corrected chi connectivity index (χ1v) is 11.6. The number of hydrogen-bond donors (Lipinski definition) is 1. The Balaban J connectivity index is 3.13. The molecular formula is C23H49NO2. The molecule has 0 aliphatic heterocycles. The normalized spacial score (nSPS) is 12.8. The molecule has 1 N–H and O–H groups in total. The smallest absolute Gasteiger partial charge is 0.0899 e. The highest BCUT2D eigenvalue weighted by Crippen LogP contribution is 2.13. The topological polar surface area (TPSA) is 32.7 Å². The van der Waals surface area contributed by atoms with Crippen LogP contribution in [0.4, 0.5) is 0 Å². The van der Waals surface area contributed by atoms with Crippen molar-refractivity contribution in [1.82, 2.24) is 4.90 Å². The van der Waals surface area contributed by atoms with Gasteiger partial charge in [-0.3, -0.25) is 0 Å². The summed E-state index contributed by atoms with van der Waals surface area (Å²) in [7, 11) is 3.73. The lowest BCUT2D eigenvalue weighted by Crippen LogP contribution is -2.32. The molecule has 0 heterocycles. The Morgan fingerprint density at radius 2 is 1.08 bits per heavy atom. The average molecular weight is 372 g/mol. The SMILES string of the molecule is CCCCCCCCCCCCCCCCCCN(C)CC(O)COC. The molecule has 0 amide bonds. The molecule has 1 atom stereocenters. The summed E-state index contributed by atoms with van der Waals surface area (Å²) < 4.78 is 4.96. The van der Waals surface area contributed by atoms with Gasteiger partial charge in [0, 0.05) is 13.7 Å². The van der Waals surface area contributed by atoms with Gasteiger partial charge in [-0.1, -0.05) is 103 Å². The van der Waals surface area contributed by atoms with Gasteiger partial charge in [-0.15, -0.1) is 0 Å². The first-order chi connectivity index (χ1) is 12.7. The monoisotopic (exact) mass is 371 g/mol. The number of hydrogen-bond acceptors (Lipinski definition) is 3. The van der Waals surface area contributed by atoms with Crippen molar-refractivity contribution in [1.29, 1.82) is 0 Å². The molecule has 0 saturated carbocycles. The number of aliphatic hydroxyl groups is 1. The summed E-state index contributed by atoms with van der Waals surface area (Å²) in [6.45, 7) is 4.52. The minimum Gasteiger partial charge on any atom is -0.389 e. The molecule has 158 valence electrons. The molecule has 0 aromatic heterocycles. The lowest BCUT2D eigenvalue weighted by atomic mass is 10.0. The molecule has 26 heavy (non-hydrogen) atoms. The van der Waals surface area contributed by atoms with Crippen LogP contribution in [0.2, 0.25) is 0 Å². The number of nitrogens with zero attached hydrogens (tertiary/aromatic N) is 1. The number of aliphatic hydroxyl groups excluding tert-OH is 1. The standard InChI is InChI=1S/C23H49NO2/c1-4-5-6-7-8-9-10-11-12-13-14-15-16-17-18-19-20-24(2)21-23(25)22-26-3/h23,25H,4-22H2,1-3H3. The lowest BCUT2D eigenvalue weighted by molar-refractivity contribution is 0.0430. The maximum atomic E-state index is 9.69. The van der Waals surface area contributed by atoms with Gasteiger partial charge in [0.1, 0.15) is 0 Å². The number of rotatable bonds is 21. The van der Waals surface area contributed by atoms with E-state index in [1.54, 1.807) is 7.11 Å². The number of likely N-dealkylation sites (N-methyl/N-ethyl adjacent to an activating group) is 1. The van der Waals surface area contributed by atoms with Gasteiger partial charge >= 0.3 is 0 Å². The van der Waals surface area contributed by atoms with E-state index < -0.39 is 0 Å². The molecular weight excluding hydrogens is 322 g/mol. The van der Waals surface area contributed by atoms with Crippen molar-refractivity contribution in [3.63, 3.8) is 0 Å². The van der Waals surface area contributed by atoms with Crippen LogP contribution in [0.3, 0.4) is 0 Å². The van der Waals surface area contributed by atoms with E-state index >= 15 is 0 Å². The minimum atomic E-state index is -0.356. The Kier molecular flexibility index (Phi) is 21.1. The van der Waals surface area contributed by atoms with Gasteiger partial charge in [0.15, 0.2) is 0 Å². The molecule has 0 aromatic carbocycles. The number of methoxy groups -OCH3 is 1. The molecule has 0 fully saturated rings. The second-order valence-electron chi connectivity index (χ2n) is 8.17. The van der Waals surface area contributed by atoms with Crippen LogP contribution < -0.4 is 0 Å². The number of unbranched alkanes of at least 4 members (excludes halogenated alkanes) is 15. The van der Waals surface area contributed by atoms with E-state index in [4.69, 9.17) is 4.74 Å². The van der Waals surface area contributed by atoms with E-state index in [1.807, 2.05) is 0 Å². The van der Waals surface area contributed by atoms with Crippen molar-refractivity contribution >= 4 is 0 Å². The largest absolute Gasteiger partial charge is 0.389 e. The highest BCUT2D eigenvalue weighted by atomic mass is 16.5. The fraction of sp³-hybridized carbons (Fsp3) is 1.00. The third-order valence-electron chi connectivity index (χ3n) is 5.27. The lowest BCUT2D eigenvalue weighted by Gasteiger charge is -2.19. The van der Waals surface area contributed by atoms with Crippen LogP contribution in [0.1, 0.15) is 110 Å². The van der Waals surface area contributed by atoms with Crippen LogP contribution in [0.25, 0.3) is 0 Å². The fourth-order valence-electron chi connectivity index (χ4n) is 3.63. The van der Waals surface area contributed by atoms with Crippen molar-refractivity contribution in [2.24, 2.45) is 0 Å². The summed E-state index contributed by atoms with van der Waals surface area (Å²) in [5, 5.41) is 9.69. The van der Waals surface area contributed by atoms with E-state index in [2.05, 4.69) is 18.9 Å². The Morgan fingerprint density at radius 1 is 0.692 bits per heavy atom. The molecule has 0 aliphatic carbocycles. The van der Waals surface area contributed by atoms with Crippen molar-refractivity contribution < 1.29 is 9.84 Å². The van der Waals surface area contributed by atoms with Crippen LogP contribution in [0.5, 0.6) is 0 Å². The van der Waals surface area contributed by atoms with Gasteiger partial charge in [0.25, 0.3) is 0 Å². The van der Waals surface area contributed by atoms with Crippen LogP contribution in [0.15, 0.2) is 0 Å². The average Bonchev–Trinajstić information content (AvgIpc) is 2.61. The highest BCUT2D eigenvalue weighted by Gasteiger charge is 2.07. The van der Waals surface area contributed by atoms with E-state index in [0.717, 1.165) is 6.54 Å². The predicted molar refractivity (Wildman–Crippen MR) is 115 cm³/mol. The quantitative estimate of drug-likeness (QED) is 0.244. The second kappa shape index (κ2) is 21.2. The highest BCUT2D eigenvalue weighted by molar-refractivity contribution is 4.60. The van der Waals surface area contributed by atoms with Crippen LogP contribution >= 0.6 is 0 Å². The number of ether oxygens (including phenoxy) is 1. The van der Waals surface area contributed by atoms with Gasteiger partial charge < -0.3 is 14.7 Å². The van der Waals surface area contributed by atoms with Gasteiger partial charge in [-0.05, 0) is 20.0 Å². The van der Waals surface area contributed by atoms with Crippen molar-refractivity contribution in [3.05, 3.63) is 0 Å². The second-order valence-corrected chi connectivity index (χ2v) is 8.17. The van der Waals surface area contributed by atoms with Crippen LogP contribution in [0, 0.1) is 0 Å². The van der Waals surface area contributed by atoms with Crippen LogP contribution in [-0.4, -0.2) is 50.0 Å². The molecule has 0 rings (SSSR count). The third kappa shape index (κ3) is 20.2. The summed E-state index contributed by atoms with van der Waals surface area (Å²) in [5.41, 5.74) is 0. The van der Waals surface area contributed by atoms with E-state index in [-0.39, 0.29) is 6.10 Å². The van der Waals surface area contributed by atoms with E-state index in [0.29, 0.717) is 13.2 Å². The molecule has 0 aliphatic rings. The zero-order valence-corrected chi connectivity index (χ0v) is 18.3. The van der Waals surface area contributed by atoms with Crippen molar-refractivity contribution in [3.8, 4) is 0 Å². The minimum absolute atomic E-state index is 0.356. The maximum absolute atomic E-state index is 9.69. The molecule has 0 spiro atoms. The van der Waals surface area contributed by atoms with Gasteiger partial charge in [0.2, 0.25) is 0 Å². The first kappa shape index (κ1) is 25.9. The summed E-state index contributed by atoms with van der Waals surface area (Å²) in [4.78, 5) is 2.22. The third-order valence-corrected chi connectivity index (χ3v) is 5.27. The van der Waals surface area contributed by atoms with Crippen molar-refractivity contribution in [2.45, 2.75) is 116 Å². The molecule has 0 radical (unpaired) electrons. The first-order valence-electron chi connectivity index (χ1n) is 11.6. The summed E-state index contributed by atoms with van der Waals surface area (Å²) in [6, 6.07) is 0. The van der Waals surface area contributed by atoms with Gasteiger partial charge in [-0.2, -0.15) is 0 Å². The Hall–Kier alpha value is -0.120.